The number of benzene rings is 1. The van der Waals surface area contributed by atoms with E-state index in [1.807, 2.05) is 24.3 Å². The van der Waals surface area contributed by atoms with Crippen molar-refractivity contribution in [3.8, 4) is 0 Å². The Labute approximate surface area is 221 Å². The van der Waals surface area contributed by atoms with Gasteiger partial charge in [-0.25, -0.2) is 0 Å². The average molecular weight is 534 g/mol. The maximum atomic E-state index is 15.5. The number of piperidine rings is 1. The number of aryl methyl sites for hydroxylation is 1. The summed E-state index contributed by atoms with van der Waals surface area (Å²) < 4.78 is 21.9. The van der Waals surface area contributed by atoms with Crippen molar-refractivity contribution < 1.29 is 23.5 Å². The van der Waals surface area contributed by atoms with Gasteiger partial charge in [-0.2, -0.15) is 0 Å². The highest BCUT2D eigenvalue weighted by Gasteiger charge is 2.52. The Kier molecular flexibility index (Phi) is 9.42. The number of hydrogen-bond acceptors (Lipinski definition) is 5. The van der Waals surface area contributed by atoms with Crippen LogP contribution < -0.4 is 10.6 Å². The Morgan fingerprint density at radius 3 is 2.76 bits per heavy atom. The number of likely N-dealkylation sites (tertiary alicyclic amines) is 1. The summed E-state index contributed by atoms with van der Waals surface area (Å²) in [5, 5.41) is 16.0. The lowest BCUT2D eigenvalue weighted by Gasteiger charge is -2.30. The number of carbonyl (C=O) groups is 2. The second-order valence-corrected chi connectivity index (χ2v) is 15.5. The van der Waals surface area contributed by atoms with E-state index in [0.29, 0.717) is 6.54 Å². The third kappa shape index (κ3) is 6.99. The molecule has 0 radical (unpaired) electrons. The molecular weight excluding hydrogens is 489 g/mol. The van der Waals surface area contributed by atoms with Crippen LogP contribution in [0.3, 0.4) is 0 Å². The molecule has 3 aliphatic heterocycles. The quantitative estimate of drug-likeness (QED) is 0.331. The molecule has 0 bridgehead atoms. The zero-order valence-electron chi connectivity index (χ0n) is 22.5. The molecule has 0 aliphatic carbocycles. The first-order valence-electron chi connectivity index (χ1n) is 14.0. The number of aliphatic hydroxyl groups is 1. The summed E-state index contributed by atoms with van der Waals surface area (Å²) >= 11 is 0. The molecule has 0 aromatic heterocycles. The third-order valence-electron chi connectivity index (χ3n) is 8.56. The van der Waals surface area contributed by atoms with Gasteiger partial charge in [0.15, 0.2) is 0 Å². The average Bonchev–Trinajstić information content (AvgIpc) is 3.47. The second kappa shape index (κ2) is 12.4. The molecule has 3 saturated heterocycles. The van der Waals surface area contributed by atoms with Crippen LogP contribution in [0, 0.1) is 11.8 Å². The number of anilines is 1. The maximum Gasteiger partial charge on any atom is 0.246 e. The molecule has 0 spiro atoms. The zero-order chi connectivity index (χ0) is 26.6. The molecule has 0 saturated carbocycles. The van der Waals surface area contributed by atoms with Gasteiger partial charge in [-0.3, -0.25) is 9.59 Å². The third-order valence-corrected chi connectivity index (χ3v) is 11.0. The molecule has 3 heterocycles. The van der Waals surface area contributed by atoms with Crippen LogP contribution in [-0.4, -0.2) is 74.7 Å². The molecule has 3 N–H and O–H groups in total. The minimum absolute atomic E-state index is 0.00293. The fourth-order valence-electron chi connectivity index (χ4n) is 6.65. The van der Waals surface area contributed by atoms with Crippen molar-refractivity contribution in [2.75, 3.05) is 31.6 Å². The minimum atomic E-state index is -3.07. The van der Waals surface area contributed by atoms with Gasteiger partial charge in [0, 0.05) is 24.3 Å². The number of ether oxygens (including phenoxy) is 1. The first kappa shape index (κ1) is 28.2. The molecule has 6 atom stereocenters. The Morgan fingerprint density at radius 1 is 1.24 bits per heavy atom. The molecule has 4 rings (SSSR count). The lowest BCUT2D eigenvalue weighted by Crippen LogP contribution is -2.42. The summed E-state index contributed by atoms with van der Waals surface area (Å²) in [4.78, 5) is 27.5. The lowest BCUT2D eigenvalue weighted by molar-refractivity contribution is -0.135. The second-order valence-electron chi connectivity index (χ2n) is 11.7. The van der Waals surface area contributed by atoms with E-state index < -0.39 is 14.5 Å². The van der Waals surface area contributed by atoms with Gasteiger partial charge in [-0.05, 0) is 81.8 Å². The van der Waals surface area contributed by atoms with Gasteiger partial charge in [-0.15, -0.1) is 0 Å². The first-order valence-corrected chi connectivity index (χ1v) is 17.0. The van der Waals surface area contributed by atoms with Crippen molar-refractivity contribution in [2.45, 2.75) is 88.8 Å². The number of rotatable bonds is 9. The summed E-state index contributed by atoms with van der Waals surface area (Å²) in [7, 11) is -3.07. The SMILES string of the molecule is C[C@H]1[C@H]([Si](C)(C)F)[C@@H](CC(=O)N2CCC[C@H]2CO)O[C@H]1CCc1cccc(NC(=O)C2CCCNC2)c1. The number of halogens is 1. The number of aliphatic hydroxyl groups excluding tert-OH is 1. The number of nitrogens with one attached hydrogen (secondary N) is 2. The molecule has 1 aromatic carbocycles. The monoisotopic (exact) mass is 533 g/mol. The molecule has 1 aromatic rings. The number of hydrogen-bond donors (Lipinski definition) is 3. The smallest absolute Gasteiger partial charge is 0.246 e. The fourth-order valence-corrected chi connectivity index (χ4v) is 9.20. The van der Waals surface area contributed by atoms with Crippen molar-refractivity contribution in [1.29, 1.82) is 0 Å². The van der Waals surface area contributed by atoms with E-state index in [9.17, 15) is 14.7 Å². The van der Waals surface area contributed by atoms with Gasteiger partial charge in [0.1, 0.15) is 0 Å². The molecule has 37 heavy (non-hydrogen) atoms. The number of amides is 2. The molecule has 2 amide bonds. The number of nitrogens with zero attached hydrogens (tertiary/aromatic N) is 1. The van der Waals surface area contributed by atoms with Gasteiger partial charge in [-0.1, -0.05) is 19.1 Å². The van der Waals surface area contributed by atoms with E-state index in [1.54, 1.807) is 18.0 Å². The van der Waals surface area contributed by atoms with Gasteiger partial charge >= 0.3 is 0 Å². The highest BCUT2D eigenvalue weighted by atomic mass is 28.4. The highest BCUT2D eigenvalue weighted by Crippen LogP contribution is 2.47. The standard InChI is InChI=1S/C28H44FN3O4Si/c1-19-24(12-11-20-7-4-9-22(15-20)31-28(35)21-8-5-13-30-17-21)36-25(27(19)37(2,3)29)16-26(34)32-14-6-10-23(32)18-33/h4,7,9,15,19,21,23-25,27,30,33H,5-6,8,10-14,16-18H2,1-3H3,(H,31,35)/t19-,21?,23+,24+,25-,27+/m1/s1. The van der Waals surface area contributed by atoms with E-state index in [-0.39, 0.29) is 54.4 Å². The van der Waals surface area contributed by atoms with Crippen LogP contribution >= 0.6 is 0 Å². The van der Waals surface area contributed by atoms with Crippen LogP contribution in [0.25, 0.3) is 0 Å². The highest BCUT2D eigenvalue weighted by molar-refractivity contribution is 6.72. The Bertz CT molecular complexity index is 936. The molecule has 3 aliphatic rings. The van der Waals surface area contributed by atoms with Crippen LogP contribution in [0.5, 0.6) is 0 Å². The van der Waals surface area contributed by atoms with Gasteiger partial charge in [0.2, 0.25) is 20.2 Å². The summed E-state index contributed by atoms with van der Waals surface area (Å²) in [6.07, 6.45) is 4.76. The van der Waals surface area contributed by atoms with E-state index in [0.717, 1.165) is 62.9 Å². The first-order chi connectivity index (χ1) is 17.7. The van der Waals surface area contributed by atoms with Crippen LogP contribution in [0.4, 0.5) is 9.80 Å². The molecule has 9 heteroatoms. The predicted octanol–water partition coefficient (Wildman–Crippen LogP) is 3.88. The lowest BCUT2D eigenvalue weighted by atomic mass is 9.95. The summed E-state index contributed by atoms with van der Waals surface area (Å²) in [5.41, 5.74) is 1.66. The van der Waals surface area contributed by atoms with Crippen LogP contribution in [-0.2, 0) is 20.7 Å². The van der Waals surface area contributed by atoms with Gasteiger partial charge in [0.25, 0.3) is 0 Å². The van der Waals surface area contributed by atoms with Crippen molar-refractivity contribution in [3.63, 3.8) is 0 Å². The Balaban J connectivity index is 1.36. The maximum absolute atomic E-state index is 15.5. The summed E-state index contributed by atoms with van der Waals surface area (Å²) in [6, 6.07) is 7.81. The van der Waals surface area contributed by atoms with Crippen LogP contribution in [0.2, 0.25) is 18.6 Å². The predicted molar refractivity (Wildman–Crippen MR) is 146 cm³/mol. The van der Waals surface area contributed by atoms with E-state index in [1.165, 1.54) is 0 Å². The van der Waals surface area contributed by atoms with E-state index in [4.69, 9.17) is 4.74 Å². The van der Waals surface area contributed by atoms with Crippen molar-refractivity contribution in [3.05, 3.63) is 29.8 Å². The molecule has 7 nitrogen and oxygen atoms in total. The molecule has 206 valence electrons. The van der Waals surface area contributed by atoms with Crippen molar-refractivity contribution >= 4 is 25.9 Å². The normalized spacial score (nSPS) is 30.5. The minimum Gasteiger partial charge on any atom is -0.394 e. The van der Waals surface area contributed by atoms with E-state index in [2.05, 4.69) is 17.6 Å². The molecular formula is C28H44FN3O4Si. The van der Waals surface area contributed by atoms with E-state index >= 15 is 4.11 Å². The Morgan fingerprint density at radius 2 is 2.05 bits per heavy atom. The largest absolute Gasteiger partial charge is 0.394 e. The summed E-state index contributed by atoms with van der Waals surface area (Å²) in [6.45, 7) is 7.83. The summed E-state index contributed by atoms with van der Waals surface area (Å²) in [5.74, 6) is 0.0554. The van der Waals surface area contributed by atoms with Crippen LogP contribution in [0.15, 0.2) is 24.3 Å². The van der Waals surface area contributed by atoms with Crippen LogP contribution in [0.1, 0.15) is 51.0 Å². The van der Waals surface area contributed by atoms with Crippen molar-refractivity contribution in [2.24, 2.45) is 11.8 Å². The van der Waals surface area contributed by atoms with Gasteiger partial charge < -0.3 is 29.5 Å². The molecule has 1 unspecified atom stereocenters. The van der Waals surface area contributed by atoms with Gasteiger partial charge in [0.05, 0.1) is 37.2 Å². The number of carbonyl (C=O) groups excluding carboxylic acids is 2. The molecule has 3 fully saturated rings. The Hall–Kier alpha value is -1.81. The van der Waals surface area contributed by atoms with Crippen molar-refractivity contribution in [1.82, 2.24) is 10.2 Å². The fraction of sp³-hybridized carbons (Fsp3) is 0.714. The topological polar surface area (TPSA) is 90.9 Å². The zero-order valence-corrected chi connectivity index (χ0v) is 23.5.